The van der Waals surface area contributed by atoms with Crippen LogP contribution < -0.4 is 5.73 Å². The number of hydrogen-bond acceptors (Lipinski definition) is 4. The Labute approximate surface area is 219 Å². The highest BCUT2D eigenvalue weighted by Gasteiger charge is 2.31. The predicted octanol–water partition coefficient (Wildman–Crippen LogP) is 4.95. The van der Waals surface area contributed by atoms with Crippen molar-refractivity contribution >= 4 is 16.8 Å². The van der Waals surface area contributed by atoms with Gasteiger partial charge < -0.3 is 20.1 Å². The third-order valence-corrected chi connectivity index (χ3v) is 8.47. The van der Waals surface area contributed by atoms with E-state index < -0.39 is 5.82 Å². The van der Waals surface area contributed by atoms with Gasteiger partial charge in [0, 0.05) is 56.5 Å². The number of fused-ring (bicyclic) bond motifs is 1. The van der Waals surface area contributed by atoms with Gasteiger partial charge in [0.1, 0.15) is 5.82 Å². The zero-order valence-corrected chi connectivity index (χ0v) is 22.6. The maximum absolute atomic E-state index is 14.3. The van der Waals surface area contributed by atoms with Gasteiger partial charge in [-0.25, -0.2) is 4.39 Å². The Bertz CT molecular complexity index is 1270. The van der Waals surface area contributed by atoms with Crippen LogP contribution >= 0.6 is 0 Å². The minimum atomic E-state index is -0.412. The van der Waals surface area contributed by atoms with Crippen LogP contribution in [0.1, 0.15) is 61.0 Å². The topological polar surface area (TPSA) is 67.4 Å². The van der Waals surface area contributed by atoms with E-state index in [4.69, 9.17) is 5.73 Å². The van der Waals surface area contributed by atoms with E-state index in [2.05, 4.69) is 23.0 Å². The molecule has 1 aliphatic carbocycles. The van der Waals surface area contributed by atoms with Gasteiger partial charge >= 0.3 is 0 Å². The number of halogens is 1. The van der Waals surface area contributed by atoms with Crippen LogP contribution in [0.2, 0.25) is 0 Å². The first kappa shape index (κ1) is 25.9. The van der Waals surface area contributed by atoms with Crippen LogP contribution in [0.4, 0.5) is 4.39 Å². The molecule has 5 rings (SSSR count). The molecular weight excluding hydrogens is 465 g/mol. The molecule has 1 aliphatic heterocycles. The number of pyridine rings is 1. The zero-order chi connectivity index (χ0) is 26.3. The van der Waals surface area contributed by atoms with Crippen LogP contribution in [0.5, 0.6) is 0 Å². The second-order valence-corrected chi connectivity index (χ2v) is 11.6. The number of carbonyl (C=O) groups is 1. The van der Waals surface area contributed by atoms with Gasteiger partial charge in [-0.15, -0.1) is 0 Å². The van der Waals surface area contributed by atoms with Crippen molar-refractivity contribution in [1.82, 2.24) is 19.4 Å². The molecular formula is C30H40FN5O. The summed E-state index contributed by atoms with van der Waals surface area (Å²) in [5.74, 6) is 0.796. The minimum Gasteiger partial charge on any atom is -0.339 e. The number of nitrogens with zero attached hydrogens (tertiary/aromatic N) is 4. The smallest absolute Gasteiger partial charge is 0.256 e. The molecule has 37 heavy (non-hydrogen) atoms. The first-order chi connectivity index (χ1) is 17.7. The lowest BCUT2D eigenvalue weighted by atomic mass is 9.84. The van der Waals surface area contributed by atoms with Crippen molar-refractivity contribution in [3.63, 3.8) is 0 Å². The van der Waals surface area contributed by atoms with Crippen molar-refractivity contribution in [1.29, 1.82) is 0 Å². The minimum absolute atomic E-state index is 0.0106. The highest BCUT2D eigenvalue weighted by Crippen LogP contribution is 2.33. The van der Waals surface area contributed by atoms with Crippen molar-refractivity contribution in [2.45, 2.75) is 65.0 Å². The molecule has 1 saturated carbocycles. The maximum Gasteiger partial charge on any atom is 0.256 e. The van der Waals surface area contributed by atoms with E-state index in [0.717, 1.165) is 49.4 Å². The average Bonchev–Trinajstić information content (AvgIpc) is 3.22. The molecule has 0 spiro atoms. The van der Waals surface area contributed by atoms with E-state index in [1.807, 2.05) is 30.8 Å². The molecule has 1 aromatic carbocycles. The van der Waals surface area contributed by atoms with Crippen molar-refractivity contribution < 1.29 is 9.18 Å². The first-order valence-corrected chi connectivity index (χ1v) is 13.7. The van der Waals surface area contributed by atoms with Gasteiger partial charge in [0.05, 0.1) is 23.0 Å². The number of rotatable bonds is 7. The summed E-state index contributed by atoms with van der Waals surface area (Å²) in [5.41, 5.74) is 10.5. The summed E-state index contributed by atoms with van der Waals surface area (Å²) in [7, 11) is 1.76. The fourth-order valence-electron chi connectivity index (χ4n) is 6.11. The molecule has 0 radical (unpaired) electrons. The number of aromatic nitrogens is 2. The Morgan fingerprint density at radius 1 is 1.16 bits per heavy atom. The molecule has 2 fully saturated rings. The number of carbonyl (C=O) groups excluding carboxylic acids is 1. The maximum atomic E-state index is 14.3. The Morgan fingerprint density at radius 2 is 1.89 bits per heavy atom. The van der Waals surface area contributed by atoms with Crippen LogP contribution in [0.3, 0.4) is 0 Å². The molecule has 6 nitrogen and oxygen atoms in total. The van der Waals surface area contributed by atoms with E-state index in [1.165, 1.54) is 42.5 Å². The van der Waals surface area contributed by atoms with Crippen LogP contribution in [0, 0.1) is 24.6 Å². The summed E-state index contributed by atoms with van der Waals surface area (Å²) in [5, 5.41) is 1.19. The molecule has 198 valence electrons. The second kappa shape index (κ2) is 10.5. The molecule has 0 atom stereocenters. The number of hydrogen-bond donors (Lipinski definition) is 1. The molecule has 0 unspecified atom stereocenters. The van der Waals surface area contributed by atoms with Crippen LogP contribution in [0.25, 0.3) is 16.6 Å². The molecule has 2 aliphatic rings. The number of amides is 1. The molecule has 2 N–H and O–H groups in total. The van der Waals surface area contributed by atoms with Gasteiger partial charge in [0.25, 0.3) is 5.91 Å². The monoisotopic (exact) mass is 505 g/mol. The van der Waals surface area contributed by atoms with Gasteiger partial charge in [-0.1, -0.05) is 0 Å². The largest absolute Gasteiger partial charge is 0.339 e. The van der Waals surface area contributed by atoms with Crippen molar-refractivity contribution in [2.24, 2.45) is 17.6 Å². The number of benzene rings is 1. The van der Waals surface area contributed by atoms with E-state index in [9.17, 15) is 9.18 Å². The quantitative estimate of drug-likeness (QED) is 0.494. The van der Waals surface area contributed by atoms with Gasteiger partial charge in [-0.3, -0.25) is 9.78 Å². The number of aryl methyl sites for hydroxylation is 1. The Kier molecular flexibility index (Phi) is 7.37. The fourth-order valence-corrected chi connectivity index (χ4v) is 6.11. The highest BCUT2D eigenvalue weighted by atomic mass is 19.1. The van der Waals surface area contributed by atoms with Crippen LogP contribution in [0.15, 0.2) is 36.8 Å². The van der Waals surface area contributed by atoms with Gasteiger partial charge in [-0.2, -0.15) is 0 Å². The third-order valence-electron chi connectivity index (χ3n) is 8.47. The van der Waals surface area contributed by atoms with E-state index >= 15 is 0 Å². The summed E-state index contributed by atoms with van der Waals surface area (Å²) in [6.07, 6.45) is 11.7. The highest BCUT2D eigenvalue weighted by molar-refractivity contribution is 5.99. The Balaban J connectivity index is 1.40. The molecule has 7 heteroatoms. The Hall–Kier alpha value is -2.77. The van der Waals surface area contributed by atoms with E-state index in [0.29, 0.717) is 23.2 Å². The summed E-state index contributed by atoms with van der Waals surface area (Å²) < 4.78 is 16.4. The van der Waals surface area contributed by atoms with Gasteiger partial charge in [0.2, 0.25) is 0 Å². The fraction of sp³-hybridized carbons (Fsp3) is 0.533. The summed E-state index contributed by atoms with van der Waals surface area (Å²) in [6, 6.07) is 4.91. The predicted molar refractivity (Wildman–Crippen MR) is 147 cm³/mol. The SMILES string of the molecule is Cc1cncc2c1c(CC1CN(C[C@H]3CC[C@H](N)CC3)C1)cn2-c1ccc(F)cc1C(=O)N(C)C(C)C. The van der Waals surface area contributed by atoms with Crippen molar-refractivity contribution in [3.05, 3.63) is 59.3 Å². The molecule has 1 amide bonds. The molecule has 3 aromatic rings. The lowest BCUT2D eigenvalue weighted by molar-refractivity contribution is 0.0721. The van der Waals surface area contributed by atoms with Crippen LogP contribution in [-0.4, -0.2) is 64.0 Å². The molecule has 3 heterocycles. The van der Waals surface area contributed by atoms with E-state index in [1.54, 1.807) is 18.0 Å². The van der Waals surface area contributed by atoms with E-state index in [-0.39, 0.29) is 11.9 Å². The number of nitrogens with two attached hydrogens (primary N) is 1. The van der Waals surface area contributed by atoms with Crippen molar-refractivity contribution in [2.75, 3.05) is 26.7 Å². The van der Waals surface area contributed by atoms with Crippen molar-refractivity contribution in [3.8, 4) is 5.69 Å². The summed E-state index contributed by atoms with van der Waals surface area (Å²) in [4.78, 5) is 22.0. The Morgan fingerprint density at radius 3 is 2.59 bits per heavy atom. The molecule has 2 aromatic heterocycles. The average molecular weight is 506 g/mol. The molecule has 1 saturated heterocycles. The summed E-state index contributed by atoms with van der Waals surface area (Å²) >= 11 is 0. The van der Waals surface area contributed by atoms with Gasteiger partial charge in [-0.05, 0) is 94.0 Å². The normalized spacial score (nSPS) is 20.9. The lowest BCUT2D eigenvalue weighted by Gasteiger charge is -2.42. The second-order valence-electron chi connectivity index (χ2n) is 11.6. The van der Waals surface area contributed by atoms with Gasteiger partial charge in [0.15, 0.2) is 0 Å². The summed E-state index contributed by atoms with van der Waals surface area (Å²) in [6.45, 7) is 9.44. The standard InChI is InChI=1S/C30H40FN5O/c1-19(2)34(4)30(37)26-12-24(31)7-10-27(26)36-18-23(29-20(3)13-33-14-28(29)36)11-22-16-35(17-22)15-21-5-8-25(32)9-6-21/h7,10,12-14,18-19,21-22,25H,5-6,8-9,11,15-17,32H2,1-4H3/t21-,25-. The zero-order valence-electron chi connectivity index (χ0n) is 22.6. The van der Waals surface area contributed by atoms with Crippen LogP contribution in [-0.2, 0) is 6.42 Å². The third kappa shape index (κ3) is 5.30. The lowest BCUT2D eigenvalue weighted by Crippen LogP contribution is -2.50. The molecule has 0 bridgehead atoms. The first-order valence-electron chi connectivity index (χ1n) is 13.7. The number of likely N-dealkylation sites (tertiary alicyclic amines) is 1.